The Morgan fingerprint density at radius 2 is 1.73 bits per heavy atom. The van der Waals surface area contributed by atoms with E-state index in [4.69, 9.17) is 0 Å². The van der Waals surface area contributed by atoms with Crippen molar-refractivity contribution in [2.45, 2.75) is 12.5 Å². The molecule has 1 atom stereocenters. The molecule has 1 aliphatic heterocycles. The van der Waals surface area contributed by atoms with Crippen LogP contribution < -0.4 is 5.32 Å². The van der Waals surface area contributed by atoms with Gasteiger partial charge in [0.2, 0.25) is 5.91 Å². The Morgan fingerprint density at radius 1 is 1.08 bits per heavy atom. The van der Waals surface area contributed by atoms with Gasteiger partial charge in [-0.3, -0.25) is 9.59 Å². The molecule has 0 radical (unpaired) electrons. The minimum Gasteiger partial charge on any atom is -0.465 e. The van der Waals surface area contributed by atoms with E-state index in [-0.39, 0.29) is 11.8 Å². The molecule has 134 valence electrons. The number of nitrogens with zero attached hydrogens (tertiary/aromatic N) is 1. The van der Waals surface area contributed by atoms with Crippen LogP contribution in [0.15, 0.2) is 54.6 Å². The molecule has 0 aromatic heterocycles. The molecule has 1 saturated heterocycles. The van der Waals surface area contributed by atoms with Gasteiger partial charge in [-0.25, -0.2) is 4.79 Å². The third-order valence-corrected chi connectivity index (χ3v) is 4.42. The molecular weight excluding hydrogens is 332 g/mol. The number of rotatable bonds is 4. The largest absolute Gasteiger partial charge is 0.465 e. The number of carbonyl (C=O) groups is 3. The Labute approximate surface area is 151 Å². The standard InChI is InChI=1S/C20H20N2O4/c1-26-20(25)16-9-7-15(8-10-16)19(24)22-12-11-21-18(23)17(22)13-14-5-3-2-4-6-14/h2-10,17H,11-13H2,1H3,(H,21,23). The van der Waals surface area contributed by atoms with E-state index in [1.807, 2.05) is 30.3 Å². The summed E-state index contributed by atoms with van der Waals surface area (Å²) in [7, 11) is 1.31. The number of esters is 1. The van der Waals surface area contributed by atoms with E-state index in [0.717, 1.165) is 5.56 Å². The van der Waals surface area contributed by atoms with E-state index >= 15 is 0 Å². The Balaban J connectivity index is 1.81. The van der Waals surface area contributed by atoms with Crippen molar-refractivity contribution >= 4 is 17.8 Å². The van der Waals surface area contributed by atoms with Crippen molar-refractivity contribution in [1.82, 2.24) is 10.2 Å². The minimum atomic E-state index is -0.557. The van der Waals surface area contributed by atoms with Crippen molar-refractivity contribution in [1.29, 1.82) is 0 Å². The molecule has 0 aliphatic carbocycles. The van der Waals surface area contributed by atoms with E-state index in [9.17, 15) is 14.4 Å². The van der Waals surface area contributed by atoms with Crippen molar-refractivity contribution in [3.05, 3.63) is 71.3 Å². The fraction of sp³-hybridized carbons (Fsp3) is 0.250. The number of hydrogen-bond acceptors (Lipinski definition) is 4. The van der Waals surface area contributed by atoms with Gasteiger partial charge in [-0.2, -0.15) is 0 Å². The molecule has 2 amide bonds. The number of ether oxygens (including phenoxy) is 1. The maximum absolute atomic E-state index is 12.9. The molecule has 1 heterocycles. The highest BCUT2D eigenvalue weighted by molar-refractivity contribution is 5.99. The summed E-state index contributed by atoms with van der Waals surface area (Å²) in [5, 5.41) is 2.83. The first-order valence-corrected chi connectivity index (χ1v) is 8.41. The first-order chi connectivity index (χ1) is 12.6. The first kappa shape index (κ1) is 17.7. The van der Waals surface area contributed by atoms with Gasteiger partial charge in [0.15, 0.2) is 0 Å². The number of methoxy groups -OCH3 is 1. The van der Waals surface area contributed by atoms with Crippen LogP contribution in [0.3, 0.4) is 0 Å². The predicted octanol–water partition coefficient (Wildman–Crippen LogP) is 1.66. The molecule has 2 aromatic carbocycles. The van der Waals surface area contributed by atoms with Gasteiger partial charge in [0.05, 0.1) is 12.7 Å². The zero-order chi connectivity index (χ0) is 18.5. The molecule has 0 spiro atoms. The van der Waals surface area contributed by atoms with Gasteiger partial charge in [-0.15, -0.1) is 0 Å². The maximum Gasteiger partial charge on any atom is 0.337 e. The van der Waals surface area contributed by atoms with Crippen LogP contribution in [-0.4, -0.2) is 48.9 Å². The lowest BCUT2D eigenvalue weighted by atomic mass is 10.0. The van der Waals surface area contributed by atoms with Crippen LogP contribution in [-0.2, 0) is 16.0 Å². The third kappa shape index (κ3) is 3.74. The Bertz CT molecular complexity index is 802. The number of amides is 2. The van der Waals surface area contributed by atoms with Crippen molar-refractivity contribution in [3.63, 3.8) is 0 Å². The number of hydrogen-bond donors (Lipinski definition) is 1. The summed E-state index contributed by atoms with van der Waals surface area (Å²) in [4.78, 5) is 38.4. The predicted molar refractivity (Wildman–Crippen MR) is 95.8 cm³/mol. The van der Waals surface area contributed by atoms with Gasteiger partial charge >= 0.3 is 5.97 Å². The van der Waals surface area contributed by atoms with E-state index in [2.05, 4.69) is 10.1 Å². The molecule has 3 rings (SSSR count). The topological polar surface area (TPSA) is 75.7 Å². The average molecular weight is 352 g/mol. The van der Waals surface area contributed by atoms with E-state index in [1.54, 1.807) is 29.2 Å². The van der Waals surface area contributed by atoms with Crippen LogP contribution in [0, 0.1) is 0 Å². The van der Waals surface area contributed by atoms with Crippen LogP contribution in [0.5, 0.6) is 0 Å². The smallest absolute Gasteiger partial charge is 0.337 e. The number of piperazine rings is 1. The molecule has 0 saturated carbocycles. The van der Waals surface area contributed by atoms with Crippen LogP contribution >= 0.6 is 0 Å². The fourth-order valence-electron chi connectivity index (χ4n) is 3.03. The van der Waals surface area contributed by atoms with Crippen molar-refractivity contribution in [3.8, 4) is 0 Å². The summed E-state index contributed by atoms with van der Waals surface area (Å²) in [5.74, 6) is -0.833. The first-order valence-electron chi connectivity index (χ1n) is 8.41. The van der Waals surface area contributed by atoms with Crippen molar-refractivity contribution in [2.24, 2.45) is 0 Å². The summed E-state index contributed by atoms with van der Waals surface area (Å²) < 4.78 is 4.66. The summed E-state index contributed by atoms with van der Waals surface area (Å²) in [6, 6.07) is 15.3. The monoisotopic (exact) mass is 352 g/mol. The molecule has 26 heavy (non-hydrogen) atoms. The lowest BCUT2D eigenvalue weighted by molar-refractivity contribution is -0.127. The zero-order valence-electron chi connectivity index (χ0n) is 14.5. The second-order valence-electron chi connectivity index (χ2n) is 6.06. The molecular formula is C20H20N2O4. The lowest BCUT2D eigenvalue weighted by Crippen LogP contribution is -2.58. The summed E-state index contributed by atoms with van der Waals surface area (Å²) >= 11 is 0. The fourth-order valence-corrected chi connectivity index (χ4v) is 3.03. The molecule has 0 bridgehead atoms. The van der Waals surface area contributed by atoms with E-state index in [1.165, 1.54) is 7.11 Å². The van der Waals surface area contributed by atoms with E-state index in [0.29, 0.717) is 30.6 Å². The number of nitrogens with one attached hydrogen (secondary N) is 1. The van der Waals surface area contributed by atoms with Gasteiger partial charge < -0.3 is 15.0 Å². The molecule has 1 aliphatic rings. The number of carbonyl (C=O) groups excluding carboxylic acids is 3. The summed E-state index contributed by atoms with van der Waals surface area (Å²) in [6.07, 6.45) is 0.457. The Hall–Kier alpha value is -3.15. The molecule has 6 nitrogen and oxygen atoms in total. The lowest BCUT2D eigenvalue weighted by Gasteiger charge is -2.35. The van der Waals surface area contributed by atoms with Crippen LogP contribution in [0.2, 0.25) is 0 Å². The average Bonchev–Trinajstić information content (AvgIpc) is 2.69. The quantitative estimate of drug-likeness (QED) is 0.849. The van der Waals surface area contributed by atoms with Crippen LogP contribution in [0.1, 0.15) is 26.3 Å². The van der Waals surface area contributed by atoms with E-state index < -0.39 is 12.0 Å². The Kier molecular flexibility index (Phi) is 5.31. The minimum absolute atomic E-state index is 0.153. The molecule has 1 fully saturated rings. The molecule has 6 heteroatoms. The highest BCUT2D eigenvalue weighted by Gasteiger charge is 2.33. The summed E-state index contributed by atoms with van der Waals surface area (Å²) in [6.45, 7) is 0.872. The number of benzene rings is 2. The van der Waals surface area contributed by atoms with Crippen LogP contribution in [0.4, 0.5) is 0 Å². The highest BCUT2D eigenvalue weighted by atomic mass is 16.5. The van der Waals surface area contributed by atoms with Gasteiger partial charge in [-0.05, 0) is 29.8 Å². The van der Waals surface area contributed by atoms with Crippen molar-refractivity contribution in [2.75, 3.05) is 20.2 Å². The van der Waals surface area contributed by atoms with Gasteiger partial charge in [0, 0.05) is 25.1 Å². The molecule has 2 aromatic rings. The second-order valence-corrected chi connectivity index (χ2v) is 6.06. The van der Waals surface area contributed by atoms with Crippen molar-refractivity contribution < 1.29 is 19.1 Å². The highest BCUT2D eigenvalue weighted by Crippen LogP contribution is 2.16. The maximum atomic E-state index is 12.9. The Morgan fingerprint density at radius 3 is 2.38 bits per heavy atom. The van der Waals surface area contributed by atoms with Gasteiger partial charge in [0.1, 0.15) is 6.04 Å². The molecule has 1 N–H and O–H groups in total. The molecule has 1 unspecified atom stereocenters. The van der Waals surface area contributed by atoms with Gasteiger partial charge in [-0.1, -0.05) is 30.3 Å². The second kappa shape index (κ2) is 7.82. The van der Waals surface area contributed by atoms with Crippen LogP contribution in [0.25, 0.3) is 0 Å². The SMILES string of the molecule is COC(=O)c1ccc(C(=O)N2CCNC(=O)C2Cc2ccccc2)cc1. The van der Waals surface area contributed by atoms with Gasteiger partial charge in [0.25, 0.3) is 5.91 Å². The summed E-state index contributed by atoms with van der Waals surface area (Å²) in [5.41, 5.74) is 1.81. The zero-order valence-corrected chi connectivity index (χ0v) is 14.5. The third-order valence-electron chi connectivity index (χ3n) is 4.42. The normalized spacial score (nSPS) is 16.7.